The number of anilines is 3. The van der Waals surface area contributed by atoms with Gasteiger partial charge in [0, 0.05) is 29.8 Å². The van der Waals surface area contributed by atoms with Gasteiger partial charge in [0.15, 0.2) is 0 Å². The van der Waals surface area contributed by atoms with E-state index in [1.807, 2.05) is 12.1 Å². The second kappa shape index (κ2) is 6.27. The second-order valence-corrected chi connectivity index (χ2v) is 5.46. The first kappa shape index (κ1) is 14.7. The van der Waals surface area contributed by atoms with Crippen LogP contribution < -0.4 is 10.6 Å². The fourth-order valence-electron chi connectivity index (χ4n) is 2.25. The summed E-state index contributed by atoms with van der Waals surface area (Å²) < 4.78 is 13.6. The van der Waals surface area contributed by atoms with Crippen molar-refractivity contribution in [1.82, 2.24) is 9.97 Å². The highest BCUT2D eigenvalue weighted by atomic mass is 19.1. The Hall–Kier alpha value is -2.21. The predicted octanol–water partition coefficient (Wildman–Crippen LogP) is 2.95. The zero-order chi connectivity index (χ0) is 15.5. The summed E-state index contributed by atoms with van der Waals surface area (Å²) in [7, 11) is 0. The standard InChI is InChI=1S/C16H19FN4O/c1-10-12(17)3-2-4-13(10)19-15-9-14(11-5-6-11)20-16(21-15)18-7-8-22/h2-4,9,11,22H,5-8H2,1H3,(H2,18,19,20,21). The van der Waals surface area contributed by atoms with Crippen molar-refractivity contribution in [2.24, 2.45) is 0 Å². The number of aromatic nitrogens is 2. The molecule has 22 heavy (non-hydrogen) atoms. The van der Waals surface area contributed by atoms with E-state index >= 15 is 0 Å². The fraction of sp³-hybridized carbons (Fsp3) is 0.375. The molecule has 1 aromatic heterocycles. The average molecular weight is 302 g/mol. The number of hydrogen-bond donors (Lipinski definition) is 3. The minimum absolute atomic E-state index is 0.0166. The average Bonchev–Trinajstić information content (AvgIpc) is 3.34. The van der Waals surface area contributed by atoms with Crippen molar-refractivity contribution in [3.63, 3.8) is 0 Å². The van der Waals surface area contributed by atoms with Crippen LogP contribution in [0.15, 0.2) is 24.3 Å². The molecule has 0 amide bonds. The van der Waals surface area contributed by atoms with E-state index in [0.29, 0.717) is 35.5 Å². The molecule has 0 aliphatic heterocycles. The largest absolute Gasteiger partial charge is 0.395 e. The smallest absolute Gasteiger partial charge is 0.224 e. The molecule has 5 nitrogen and oxygen atoms in total. The van der Waals surface area contributed by atoms with Gasteiger partial charge in [0.1, 0.15) is 11.6 Å². The van der Waals surface area contributed by atoms with Crippen LogP contribution in [0.5, 0.6) is 0 Å². The highest BCUT2D eigenvalue weighted by molar-refractivity contribution is 5.61. The molecule has 3 rings (SSSR count). The predicted molar refractivity (Wildman–Crippen MR) is 84.0 cm³/mol. The van der Waals surface area contributed by atoms with E-state index < -0.39 is 0 Å². The maximum Gasteiger partial charge on any atom is 0.224 e. The second-order valence-electron chi connectivity index (χ2n) is 5.46. The Morgan fingerprint density at radius 1 is 1.32 bits per heavy atom. The summed E-state index contributed by atoms with van der Waals surface area (Å²) in [5.74, 6) is 1.34. The number of aliphatic hydroxyl groups is 1. The fourth-order valence-corrected chi connectivity index (χ4v) is 2.25. The summed E-state index contributed by atoms with van der Waals surface area (Å²) >= 11 is 0. The molecule has 0 spiro atoms. The van der Waals surface area contributed by atoms with Crippen molar-refractivity contribution in [1.29, 1.82) is 0 Å². The number of hydrogen-bond acceptors (Lipinski definition) is 5. The Balaban J connectivity index is 1.88. The summed E-state index contributed by atoms with van der Waals surface area (Å²) in [5, 5.41) is 15.1. The topological polar surface area (TPSA) is 70.1 Å². The SMILES string of the molecule is Cc1c(F)cccc1Nc1cc(C2CC2)nc(NCCO)n1. The van der Waals surface area contributed by atoms with E-state index in [9.17, 15) is 4.39 Å². The molecule has 1 aromatic carbocycles. The van der Waals surface area contributed by atoms with Gasteiger partial charge in [0.2, 0.25) is 5.95 Å². The Morgan fingerprint density at radius 3 is 2.86 bits per heavy atom. The third kappa shape index (κ3) is 3.33. The monoisotopic (exact) mass is 302 g/mol. The van der Waals surface area contributed by atoms with Gasteiger partial charge in [-0.3, -0.25) is 0 Å². The highest BCUT2D eigenvalue weighted by Crippen LogP contribution is 2.40. The molecule has 1 fully saturated rings. The number of nitrogens with one attached hydrogen (secondary N) is 2. The number of nitrogens with zero attached hydrogens (tertiary/aromatic N) is 2. The van der Waals surface area contributed by atoms with Crippen LogP contribution in [0.3, 0.4) is 0 Å². The lowest BCUT2D eigenvalue weighted by atomic mass is 10.2. The van der Waals surface area contributed by atoms with E-state index in [4.69, 9.17) is 5.11 Å². The molecule has 3 N–H and O–H groups in total. The highest BCUT2D eigenvalue weighted by Gasteiger charge is 2.26. The van der Waals surface area contributed by atoms with Crippen LogP contribution in [-0.2, 0) is 0 Å². The van der Waals surface area contributed by atoms with Crippen LogP contribution in [0.1, 0.15) is 30.0 Å². The molecule has 6 heteroatoms. The Bertz CT molecular complexity index is 673. The van der Waals surface area contributed by atoms with E-state index in [-0.39, 0.29) is 12.4 Å². The first-order chi connectivity index (χ1) is 10.7. The maximum absolute atomic E-state index is 13.6. The molecule has 116 valence electrons. The lowest BCUT2D eigenvalue weighted by Gasteiger charge is -2.12. The molecule has 1 saturated carbocycles. The van der Waals surface area contributed by atoms with Gasteiger partial charge < -0.3 is 15.7 Å². The van der Waals surface area contributed by atoms with Crippen LogP contribution in [0, 0.1) is 12.7 Å². The molecule has 2 aromatic rings. The van der Waals surface area contributed by atoms with E-state index in [1.165, 1.54) is 6.07 Å². The molecule has 1 aliphatic rings. The Morgan fingerprint density at radius 2 is 2.14 bits per heavy atom. The van der Waals surface area contributed by atoms with Gasteiger partial charge in [-0.15, -0.1) is 0 Å². The van der Waals surface area contributed by atoms with Gasteiger partial charge in [-0.2, -0.15) is 4.98 Å². The lowest BCUT2D eigenvalue weighted by molar-refractivity contribution is 0.311. The molecular weight excluding hydrogens is 283 g/mol. The zero-order valence-corrected chi connectivity index (χ0v) is 12.4. The molecule has 0 unspecified atom stereocenters. The third-order valence-corrected chi connectivity index (χ3v) is 3.67. The van der Waals surface area contributed by atoms with Crippen LogP contribution in [0.25, 0.3) is 0 Å². The van der Waals surface area contributed by atoms with Crippen molar-refractivity contribution < 1.29 is 9.50 Å². The number of rotatable bonds is 6. The quantitative estimate of drug-likeness (QED) is 0.765. The molecule has 0 radical (unpaired) electrons. The first-order valence-corrected chi connectivity index (χ1v) is 7.43. The van der Waals surface area contributed by atoms with E-state index in [2.05, 4.69) is 20.6 Å². The van der Waals surface area contributed by atoms with Crippen molar-refractivity contribution >= 4 is 17.5 Å². The maximum atomic E-state index is 13.6. The van der Waals surface area contributed by atoms with Gasteiger partial charge in [-0.25, -0.2) is 9.37 Å². The lowest BCUT2D eigenvalue weighted by Crippen LogP contribution is -2.11. The molecule has 1 heterocycles. The van der Waals surface area contributed by atoms with Gasteiger partial charge >= 0.3 is 0 Å². The normalized spacial score (nSPS) is 14.0. The first-order valence-electron chi connectivity index (χ1n) is 7.43. The molecule has 0 bridgehead atoms. The molecule has 1 aliphatic carbocycles. The van der Waals surface area contributed by atoms with E-state index in [1.54, 1.807) is 13.0 Å². The van der Waals surface area contributed by atoms with Crippen molar-refractivity contribution in [3.8, 4) is 0 Å². The Labute approximate surface area is 128 Å². The van der Waals surface area contributed by atoms with Gasteiger partial charge in [-0.05, 0) is 31.9 Å². The minimum Gasteiger partial charge on any atom is -0.395 e. The minimum atomic E-state index is -0.250. The summed E-state index contributed by atoms with van der Waals surface area (Å²) in [4.78, 5) is 8.85. The number of halogens is 1. The summed E-state index contributed by atoms with van der Waals surface area (Å²) in [5.41, 5.74) is 2.22. The van der Waals surface area contributed by atoms with Crippen molar-refractivity contribution in [2.45, 2.75) is 25.7 Å². The van der Waals surface area contributed by atoms with Crippen LogP contribution >= 0.6 is 0 Å². The van der Waals surface area contributed by atoms with Crippen LogP contribution in [-0.4, -0.2) is 28.2 Å². The summed E-state index contributed by atoms with van der Waals surface area (Å²) in [6, 6.07) is 6.83. The molecule has 0 atom stereocenters. The van der Waals surface area contributed by atoms with Gasteiger partial charge in [0.05, 0.1) is 12.3 Å². The summed E-state index contributed by atoms with van der Waals surface area (Å²) in [6.07, 6.45) is 2.27. The van der Waals surface area contributed by atoms with Gasteiger partial charge in [-0.1, -0.05) is 6.07 Å². The van der Waals surface area contributed by atoms with Crippen molar-refractivity contribution in [3.05, 3.63) is 41.3 Å². The third-order valence-electron chi connectivity index (χ3n) is 3.67. The Kier molecular flexibility index (Phi) is 4.20. The summed E-state index contributed by atoms with van der Waals surface area (Å²) in [6.45, 7) is 2.14. The molecule has 0 saturated heterocycles. The van der Waals surface area contributed by atoms with Crippen molar-refractivity contribution in [2.75, 3.05) is 23.8 Å². The van der Waals surface area contributed by atoms with Crippen LogP contribution in [0.2, 0.25) is 0 Å². The molecular formula is C16H19FN4O. The van der Waals surface area contributed by atoms with Gasteiger partial charge in [0.25, 0.3) is 0 Å². The zero-order valence-electron chi connectivity index (χ0n) is 12.4. The number of benzene rings is 1. The van der Waals surface area contributed by atoms with Crippen LogP contribution in [0.4, 0.5) is 21.8 Å². The van der Waals surface area contributed by atoms with E-state index in [0.717, 1.165) is 18.5 Å². The number of aliphatic hydroxyl groups excluding tert-OH is 1.